The highest BCUT2D eigenvalue weighted by Gasteiger charge is 2.07. The first-order valence-corrected chi connectivity index (χ1v) is 15.7. The fourth-order valence-corrected chi connectivity index (χ4v) is 6.72. The van der Waals surface area contributed by atoms with Crippen LogP contribution in [0.15, 0.2) is 63.2 Å². The Balaban J connectivity index is 1.67. The molecule has 2 aromatic rings. The lowest BCUT2D eigenvalue weighted by Gasteiger charge is -2.10. The summed E-state index contributed by atoms with van der Waals surface area (Å²) >= 11 is 8.26. The summed E-state index contributed by atoms with van der Waals surface area (Å²) in [4.78, 5) is 3.53. The van der Waals surface area contributed by atoms with Crippen LogP contribution in [0.3, 0.4) is 0 Å². The Morgan fingerprint density at radius 2 is 0.969 bits per heavy atom. The molecule has 9 heteroatoms. The van der Waals surface area contributed by atoms with Crippen LogP contribution in [0.5, 0.6) is 0 Å². The summed E-state index contributed by atoms with van der Waals surface area (Å²) in [7, 11) is 0. The number of hydrogen-bond acceptors (Lipinski definition) is 9. The van der Waals surface area contributed by atoms with E-state index in [4.69, 9.17) is 10.2 Å². The van der Waals surface area contributed by atoms with Crippen molar-refractivity contribution in [2.45, 2.75) is 32.6 Å². The second-order valence-corrected chi connectivity index (χ2v) is 12.5. The summed E-state index contributed by atoms with van der Waals surface area (Å²) in [6.07, 6.45) is -0.721. The third-order valence-electron chi connectivity index (χ3n) is 4.13. The molecule has 4 nitrogen and oxygen atoms in total. The zero-order valence-electron chi connectivity index (χ0n) is 18.0. The Kier molecular flexibility index (Phi) is 15.4. The van der Waals surface area contributed by atoms with E-state index in [2.05, 4.69) is 48.5 Å². The van der Waals surface area contributed by atoms with Gasteiger partial charge in [-0.15, -0.1) is 35.3 Å². The smallest absolute Gasteiger partial charge is 0.0724 e. The molecule has 32 heavy (non-hydrogen) atoms. The molecule has 2 aromatic carbocycles. The molecule has 0 aliphatic carbocycles. The zero-order valence-corrected chi connectivity index (χ0v) is 22.1. The van der Waals surface area contributed by atoms with Gasteiger partial charge in [0, 0.05) is 55.0 Å². The van der Waals surface area contributed by atoms with Gasteiger partial charge >= 0.3 is 0 Å². The number of thioether (sulfide) groups is 5. The van der Waals surface area contributed by atoms with Crippen molar-refractivity contribution in [3.8, 4) is 0 Å². The third-order valence-corrected chi connectivity index (χ3v) is 9.71. The molecule has 0 saturated carbocycles. The largest absolute Gasteiger partial charge is 0.396 e. The number of hydrogen-bond donors (Lipinski definition) is 4. The standard InChI is InChI=1S/C23H32O4S5/c24-9-11-28-14-19(26)16-31-21-3-1-18(2-4-21)13-30-22-5-7-23(8-6-22)32-17-20(27)15-29-12-10-25/h1-8,19-20,24-27H,9-17H2. The van der Waals surface area contributed by atoms with Crippen molar-refractivity contribution in [3.05, 3.63) is 54.1 Å². The highest BCUT2D eigenvalue weighted by molar-refractivity contribution is 8.00. The number of rotatable bonds is 17. The maximum absolute atomic E-state index is 9.98. The van der Waals surface area contributed by atoms with E-state index in [1.807, 2.05) is 0 Å². The maximum Gasteiger partial charge on any atom is 0.0724 e. The molecule has 0 aromatic heterocycles. The van der Waals surface area contributed by atoms with Crippen LogP contribution in [0, 0.1) is 0 Å². The van der Waals surface area contributed by atoms with Gasteiger partial charge in [-0.1, -0.05) is 12.1 Å². The second-order valence-electron chi connectivity index (χ2n) is 6.93. The van der Waals surface area contributed by atoms with Gasteiger partial charge in [-0.3, -0.25) is 0 Å². The minimum absolute atomic E-state index is 0.156. The summed E-state index contributed by atoms with van der Waals surface area (Å²) in [5, 5.41) is 37.5. The van der Waals surface area contributed by atoms with Crippen molar-refractivity contribution in [2.75, 3.05) is 47.7 Å². The van der Waals surface area contributed by atoms with Gasteiger partial charge < -0.3 is 20.4 Å². The van der Waals surface area contributed by atoms with E-state index in [1.165, 1.54) is 10.5 Å². The van der Waals surface area contributed by atoms with E-state index in [-0.39, 0.29) is 25.4 Å². The third kappa shape index (κ3) is 12.5. The molecule has 2 rings (SSSR count). The molecule has 0 heterocycles. The monoisotopic (exact) mass is 532 g/mol. The van der Waals surface area contributed by atoms with Gasteiger partial charge in [0.05, 0.1) is 25.4 Å². The predicted molar refractivity (Wildman–Crippen MR) is 145 cm³/mol. The number of aliphatic hydroxyl groups is 4. The van der Waals surface area contributed by atoms with Gasteiger partial charge in [0.2, 0.25) is 0 Å². The van der Waals surface area contributed by atoms with Gasteiger partial charge in [-0.05, 0) is 42.0 Å². The average molecular weight is 533 g/mol. The van der Waals surface area contributed by atoms with Crippen molar-refractivity contribution in [1.82, 2.24) is 0 Å². The summed E-state index contributed by atoms with van der Waals surface area (Å²) < 4.78 is 0. The zero-order chi connectivity index (χ0) is 23.0. The fraction of sp³-hybridized carbons (Fsp3) is 0.478. The molecular weight excluding hydrogens is 501 g/mol. The lowest BCUT2D eigenvalue weighted by molar-refractivity contribution is 0.224. The predicted octanol–water partition coefficient (Wildman–Crippen LogP) is 4.34. The lowest BCUT2D eigenvalue weighted by Crippen LogP contribution is -2.13. The van der Waals surface area contributed by atoms with Crippen molar-refractivity contribution in [2.24, 2.45) is 0 Å². The Bertz CT molecular complexity index is 667. The number of benzene rings is 2. The van der Waals surface area contributed by atoms with Crippen molar-refractivity contribution < 1.29 is 20.4 Å². The van der Waals surface area contributed by atoms with Crippen LogP contribution in [-0.2, 0) is 5.75 Å². The van der Waals surface area contributed by atoms with E-state index in [9.17, 15) is 10.2 Å². The first kappa shape index (κ1) is 28.3. The summed E-state index contributed by atoms with van der Waals surface area (Å²) in [6.45, 7) is 0.312. The van der Waals surface area contributed by atoms with Crippen molar-refractivity contribution in [3.63, 3.8) is 0 Å². The molecule has 0 spiro atoms. The van der Waals surface area contributed by atoms with E-state index in [1.54, 1.807) is 58.8 Å². The Morgan fingerprint density at radius 3 is 1.41 bits per heavy atom. The van der Waals surface area contributed by atoms with E-state index in [0.29, 0.717) is 34.5 Å². The van der Waals surface area contributed by atoms with E-state index < -0.39 is 0 Å². The molecule has 0 aliphatic rings. The molecule has 0 bridgehead atoms. The number of aliphatic hydroxyl groups excluding tert-OH is 4. The van der Waals surface area contributed by atoms with Gasteiger partial charge in [-0.25, -0.2) is 0 Å². The summed E-state index contributed by atoms with van der Waals surface area (Å²) in [5.74, 6) is 4.88. The maximum atomic E-state index is 9.98. The van der Waals surface area contributed by atoms with E-state index >= 15 is 0 Å². The van der Waals surface area contributed by atoms with Crippen LogP contribution in [-0.4, -0.2) is 80.4 Å². The van der Waals surface area contributed by atoms with Gasteiger partial charge in [0.15, 0.2) is 0 Å². The fourth-order valence-electron chi connectivity index (χ4n) is 2.53. The summed E-state index contributed by atoms with van der Waals surface area (Å²) in [5.41, 5.74) is 1.26. The highest BCUT2D eigenvalue weighted by Crippen LogP contribution is 2.28. The van der Waals surface area contributed by atoms with Crippen LogP contribution < -0.4 is 0 Å². The lowest BCUT2D eigenvalue weighted by atomic mass is 10.2. The van der Waals surface area contributed by atoms with Crippen molar-refractivity contribution in [1.29, 1.82) is 0 Å². The molecule has 178 valence electrons. The molecule has 4 N–H and O–H groups in total. The SMILES string of the molecule is OCCSCC(O)CSc1ccc(CSc2ccc(SCC(O)CSCCO)cc2)cc1. The topological polar surface area (TPSA) is 80.9 Å². The second kappa shape index (κ2) is 17.5. The summed E-state index contributed by atoms with van der Waals surface area (Å²) in [6, 6.07) is 17.0. The van der Waals surface area contributed by atoms with Crippen molar-refractivity contribution >= 4 is 58.8 Å². The quantitative estimate of drug-likeness (QED) is 0.176. The molecule has 2 unspecified atom stereocenters. The first-order valence-electron chi connectivity index (χ1n) is 10.4. The average Bonchev–Trinajstić information content (AvgIpc) is 2.82. The highest BCUT2D eigenvalue weighted by atomic mass is 32.2. The molecule has 0 amide bonds. The minimum atomic E-state index is -0.361. The van der Waals surface area contributed by atoms with Crippen LogP contribution >= 0.6 is 58.8 Å². The minimum Gasteiger partial charge on any atom is -0.396 e. The molecule has 0 aliphatic heterocycles. The normalized spacial score (nSPS) is 13.2. The van der Waals surface area contributed by atoms with Crippen LogP contribution in [0.25, 0.3) is 0 Å². The Hall–Kier alpha value is 0.0300. The van der Waals surface area contributed by atoms with Crippen LogP contribution in [0.4, 0.5) is 0 Å². The Labute approximate surface area is 212 Å². The first-order chi connectivity index (χ1) is 15.6. The molecule has 0 saturated heterocycles. The van der Waals surface area contributed by atoms with E-state index in [0.717, 1.165) is 15.5 Å². The molecule has 0 radical (unpaired) electrons. The van der Waals surface area contributed by atoms with Gasteiger partial charge in [0.1, 0.15) is 0 Å². The van der Waals surface area contributed by atoms with Crippen LogP contribution in [0.1, 0.15) is 5.56 Å². The Morgan fingerprint density at radius 1 is 0.562 bits per heavy atom. The van der Waals surface area contributed by atoms with Gasteiger partial charge in [-0.2, -0.15) is 23.5 Å². The van der Waals surface area contributed by atoms with Gasteiger partial charge in [0.25, 0.3) is 0 Å². The van der Waals surface area contributed by atoms with Crippen LogP contribution in [0.2, 0.25) is 0 Å². The molecule has 2 atom stereocenters. The molecule has 0 fully saturated rings. The molecular formula is C23H32O4S5.